The van der Waals surface area contributed by atoms with Gasteiger partial charge in [-0.2, -0.15) is 9.78 Å². The number of fused-ring (bicyclic) bond motifs is 1. The summed E-state index contributed by atoms with van der Waals surface area (Å²) in [6.45, 7) is 0.216. The fourth-order valence-corrected chi connectivity index (χ4v) is 4.78. The first-order valence-corrected chi connectivity index (χ1v) is 13.1. The molecule has 0 saturated carbocycles. The summed E-state index contributed by atoms with van der Waals surface area (Å²) >= 11 is 7.18. The molecule has 0 fully saturated rings. The summed E-state index contributed by atoms with van der Waals surface area (Å²) in [4.78, 5) is 18.2. The van der Waals surface area contributed by atoms with Crippen LogP contribution in [0.5, 0.6) is 11.5 Å². The standard InChI is InChI=1S/C29H20Br2FN3O3/c1-37-24-15-20(25(30)26(31)27(24)38-17-18-11-13-21(32)14-12-18)16-33-35-28(19-7-3-2-4-8-19)34-23-10-6-5-9-22(23)29(35)36/h2-16H,17H2,1H3. The molecule has 6 nitrogen and oxygen atoms in total. The van der Waals surface area contributed by atoms with Crippen molar-refractivity contribution in [2.45, 2.75) is 6.61 Å². The SMILES string of the molecule is COc1cc(C=Nn2c(-c3ccccc3)nc3ccccc3c2=O)c(Br)c(Br)c1OCc1ccc(F)cc1. The zero-order chi connectivity index (χ0) is 26.6. The van der Waals surface area contributed by atoms with Gasteiger partial charge in [-0.15, -0.1) is 0 Å². The predicted molar refractivity (Wildman–Crippen MR) is 154 cm³/mol. The van der Waals surface area contributed by atoms with E-state index in [2.05, 4.69) is 37.0 Å². The Morgan fingerprint density at radius 2 is 1.68 bits per heavy atom. The van der Waals surface area contributed by atoms with Gasteiger partial charge in [0.1, 0.15) is 12.4 Å². The normalized spacial score (nSPS) is 11.3. The highest BCUT2D eigenvalue weighted by molar-refractivity contribution is 9.13. The third kappa shape index (κ3) is 5.25. The van der Waals surface area contributed by atoms with Gasteiger partial charge in [-0.1, -0.05) is 54.6 Å². The first-order chi connectivity index (χ1) is 18.5. The van der Waals surface area contributed by atoms with Crippen LogP contribution in [0.1, 0.15) is 11.1 Å². The fraction of sp³-hybridized carbons (Fsp3) is 0.0690. The number of ether oxygens (including phenoxy) is 2. The van der Waals surface area contributed by atoms with Gasteiger partial charge in [0.05, 0.1) is 28.7 Å². The van der Waals surface area contributed by atoms with Crippen LogP contribution in [0.15, 0.2) is 104 Å². The molecular weight excluding hydrogens is 617 g/mol. The van der Waals surface area contributed by atoms with E-state index in [0.717, 1.165) is 11.1 Å². The van der Waals surface area contributed by atoms with Crippen LogP contribution in [-0.4, -0.2) is 23.0 Å². The minimum atomic E-state index is -0.310. The number of benzene rings is 4. The molecule has 9 heteroatoms. The molecule has 0 aliphatic heterocycles. The number of nitrogens with zero attached hydrogens (tertiary/aromatic N) is 3. The van der Waals surface area contributed by atoms with E-state index >= 15 is 0 Å². The topological polar surface area (TPSA) is 65.7 Å². The molecule has 0 aliphatic carbocycles. The first-order valence-electron chi connectivity index (χ1n) is 11.5. The van der Waals surface area contributed by atoms with Gasteiger partial charge in [-0.05, 0) is 67.8 Å². The van der Waals surface area contributed by atoms with Gasteiger partial charge in [0.25, 0.3) is 5.56 Å². The maximum Gasteiger partial charge on any atom is 0.282 e. The molecule has 38 heavy (non-hydrogen) atoms. The van der Waals surface area contributed by atoms with E-state index in [0.29, 0.717) is 42.7 Å². The lowest BCUT2D eigenvalue weighted by atomic mass is 10.2. The van der Waals surface area contributed by atoms with Crippen LogP contribution in [0.4, 0.5) is 4.39 Å². The molecule has 1 heterocycles. The molecule has 0 aliphatic rings. The maximum absolute atomic E-state index is 13.4. The summed E-state index contributed by atoms with van der Waals surface area (Å²) in [7, 11) is 1.53. The van der Waals surface area contributed by atoms with E-state index in [-0.39, 0.29) is 18.0 Å². The van der Waals surface area contributed by atoms with Crippen molar-refractivity contribution in [2.24, 2.45) is 5.10 Å². The van der Waals surface area contributed by atoms with Crippen LogP contribution in [0, 0.1) is 5.82 Å². The van der Waals surface area contributed by atoms with Gasteiger partial charge in [-0.3, -0.25) is 4.79 Å². The molecule has 0 spiro atoms. The summed E-state index contributed by atoms with van der Waals surface area (Å²) < 4.78 is 27.4. The van der Waals surface area contributed by atoms with Crippen LogP contribution in [0.2, 0.25) is 0 Å². The van der Waals surface area contributed by atoms with E-state index in [1.807, 2.05) is 36.4 Å². The van der Waals surface area contributed by atoms with Crippen molar-refractivity contribution in [2.75, 3.05) is 7.11 Å². The average molecular weight is 637 g/mol. The van der Waals surface area contributed by atoms with Crippen LogP contribution >= 0.6 is 31.9 Å². The Morgan fingerprint density at radius 3 is 2.42 bits per heavy atom. The lowest BCUT2D eigenvalue weighted by Gasteiger charge is -2.15. The number of hydrogen-bond acceptors (Lipinski definition) is 5. The molecule has 0 amide bonds. The number of aromatic nitrogens is 2. The van der Waals surface area contributed by atoms with Crippen molar-refractivity contribution < 1.29 is 13.9 Å². The molecule has 190 valence electrons. The lowest BCUT2D eigenvalue weighted by Crippen LogP contribution is -2.20. The van der Waals surface area contributed by atoms with Crippen molar-refractivity contribution in [1.29, 1.82) is 0 Å². The van der Waals surface area contributed by atoms with Crippen molar-refractivity contribution in [3.8, 4) is 22.9 Å². The van der Waals surface area contributed by atoms with Gasteiger partial charge in [0.2, 0.25) is 0 Å². The molecule has 0 unspecified atom stereocenters. The zero-order valence-corrected chi connectivity index (χ0v) is 23.2. The number of halogens is 3. The summed E-state index contributed by atoms with van der Waals surface area (Å²) in [5.41, 5.74) is 2.51. The van der Waals surface area contributed by atoms with Gasteiger partial charge in [0, 0.05) is 15.6 Å². The van der Waals surface area contributed by atoms with Crippen molar-refractivity contribution in [3.05, 3.63) is 121 Å². The number of methoxy groups -OCH3 is 1. The van der Waals surface area contributed by atoms with Crippen LogP contribution < -0.4 is 15.0 Å². The van der Waals surface area contributed by atoms with Crippen molar-refractivity contribution in [3.63, 3.8) is 0 Å². The molecule has 0 saturated heterocycles. The largest absolute Gasteiger partial charge is 0.493 e. The summed E-state index contributed by atoms with van der Waals surface area (Å²) in [6.07, 6.45) is 1.56. The van der Waals surface area contributed by atoms with Gasteiger partial charge >= 0.3 is 0 Å². The molecule has 0 radical (unpaired) electrons. The Bertz CT molecular complexity index is 1710. The second-order valence-electron chi connectivity index (χ2n) is 8.22. The minimum absolute atomic E-state index is 0.216. The molecule has 5 rings (SSSR count). The Morgan fingerprint density at radius 1 is 0.974 bits per heavy atom. The van der Waals surface area contributed by atoms with E-state index < -0.39 is 0 Å². The number of para-hydroxylation sites is 1. The van der Waals surface area contributed by atoms with Gasteiger partial charge < -0.3 is 9.47 Å². The molecular formula is C29H20Br2FN3O3. The average Bonchev–Trinajstić information content (AvgIpc) is 2.95. The summed E-state index contributed by atoms with van der Waals surface area (Å²) in [6, 6.07) is 24.4. The molecule has 0 atom stereocenters. The third-order valence-electron chi connectivity index (χ3n) is 5.77. The van der Waals surface area contributed by atoms with E-state index in [4.69, 9.17) is 14.5 Å². The second kappa shape index (κ2) is 11.3. The van der Waals surface area contributed by atoms with Gasteiger partial charge in [0.15, 0.2) is 17.3 Å². The van der Waals surface area contributed by atoms with E-state index in [1.165, 1.54) is 23.9 Å². The second-order valence-corrected chi connectivity index (χ2v) is 9.81. The zero-order valence-electron chi connectivity index (χ0n) is 20.1. The fourth-order valence-electron chi connectivity index (χ4n) is 3.85. The number of hydrogen-bond donors (Lipinski definition) is 0. The Hall–Kier alpha value is -3.82. The smallest absolute Gasteiger partial charge is 0.282 e. The summed E-state index contributed by atoms with van der Waals surface area (Å²) in [5.74, 6) is 1.04. The molecule has 0 bridgehead atoms. The first kappa shape index (κ1) is 25.8. The minimum Gasteiger partial charge on any atom is -0.493 e. The molecule has 5 aromatic rings. The summed E-state index contributed by atoms with van der Waals surface area (Å²) in [5, 5.41) is 5.01. The monoisotopic (exact) mass is 635 g/mol. The highest BCUT2D eigenvalue weighted by Gasteiger charge is 2.18. The Balaban J connectivity index is 1.55. The predicted octanol–water partition coefficient (Wildman–Crippen LogP) is 7.20. The maximum atomic E-state index is 13.4. The quantitative estimate of drug-likeness (QED) is 0.177. The lowest BCUT2D eigenvalue weighted by molar-refractivity contribution is 0.282. The molecule has 0 N–H and O–H groups in total. The van der Waals surface area contributed by atoms with Crippen LogP contribution in [-0.2, 0) is 6.61 Å². The van der Waals surface area contributed by atoms with E-state index in [9.17, 15) is 9.18 Å². The van der Waals surface area contributed by atoms with E-state index in [1.54, 1.807) is 42.6 Å². The highest BCUT2D eigenvalue weighted by atomic mass is 79.9. The van der Waals surface area contributed by atoms with Crippen LogP contribution in [0.3, 0.4) is 0 Å². The Labute approximate surface area is 234 Å². The molecule has 1 aromatic heterocycles. The van der Waals surface area contributed by atoms with Crippen molar-refractivity contribution >= 4 is 49.0 Å². The number of rotatable bonds is 7. The highest BCUT2D eigenvalue weighted by Crippen LogP contribution is 2.42. The molecule has 4 aromatic carbocycles. The van der Waals surface area contributed by atoms with Crippen LogP contribution in [0.25, 0.3) is 22.3 Å². The Kier molecular flexibility index (Phi) is 7.67. The van der Waals surface area contributed by atoms with Crippen molar-refractivity contribution in [1.82, 2.24) is 9.66 Å². The third-order valence-corrected chi connectivity index (χ3v) is 7.91. The van der Waals surface area contributed by atoms with Gasteiger partial charge in [-0.25, -0.2) is 9.37 Å².